The van der Waals surface area contributed by atoms with Gasteiger partial charge in [0, 0.05) is 19.0 Å². The molecule has 0 saturated heterocycles. The third-order valence-corrected chi connectivity index (χ3v) is 3.20. The Labute approximate surface area is 99.1 Å². The molecule has 0 aromatic heterocycles. The lowest BCUT2D eigenvalue weighted by atomic mass is 9.78. The molecule has 0 bridgehead atoms. The molecule has 0 aliphatic heterocycles. The fraction of sp³-hybridized carbons (Fsp3) is 0.909. The Kier molecular flexibility index (Phi) is 5.24. The SMILES string of the molecule is CNCCNC(=O)C1CCCCC1C(F)(F)F. The molecule has 1 fully saturated rings. The Morgan fingerprint density at radius 1 is 1.24 bits per heavy atom. The van der Waals surface area contributed by atoms with Gasteiger partial charge in [0.05, 0.1) is 5.92 Å². The lowest BCUT2D eigenvalue weighted by Gasteiger charge is -2.31. The van der Waals surface area contributed by atoms with E-state index >= 15 is 0 Å². The van der Waals surface area contributed by atoms with Crippen LogP contribution in [-0.2, 0) is 4.79 Å². The molecule has 0 aromatic carbocycles. The molecular weight excluding hydrogens is 233 g/mol. The minimum atomic E-state index is -4.26. The van der Waals surface area contributed by atoms with Gasteiger partial charge in [0.15, 0.2) is 0 Å². The van der Waals surface area contributed by atoms with E-state index in [4.69, 9.17) is 0 Å². The summed E-state index contributed by atoms with van der Waals surface area (Å²) in [6.07, 6.45) is -2.57. The summed E-state index contributed by atoms with van der Waals surface area (Å²) in [6, 6.07) is 0. The molecule has 100 valence electrons. The van der Waals surface area contributed by atoms with Crippen LogP contribution >= 0.6 is 0 Å². The third kappa shape index (κ3) is 4.18. The van der Waals surface area contributed by atoms with Crippen LogP contribution in [0.1, 0.15) is 25.7 Å². The van der Waals surface area contributed by atoms with E-state index in [1.165, 1.54) is 0 Å². The van der Waals surface area contributed by atoms with Crippen LogP contribution in [0, 0.1) is 11.8 Å². The summed E-state index contributed by atoms with van der Waals surface area (Å²) in [5.41, 5.74) is 0. The summed E-state index contributed by atoms with van der Waals surface area (Å²) in [5.74, 6) is -2.83. The maximum absolute atomic E-state index is 12.7. The minimum absolute atomic E-state index is 0.0770. The molecule has 0 heterocycles. The van der Waals surface area contributed by atoms with E-state index in [0.29, 0.717) is 32.4 Å². The maximum atomic E-state index is 12.7. The molecule has 6 heteroatoms. The predicted molar refractivity (Wildman–Crippen MR) is 58.4 cm³/mol. The average molecular weight is 252 g/mol. The number of halogens is 3. The van der Waals surface area contributed by atoms with Gasteiger partial charge in [-0.2, -0.15) is 13.2 Å². The summed E-state index contributed by atoms with van der Waals surface area (Å²) < 4.78 is 38.2. The normalized spacial score (nSPS) is 25.6. The van der Waals surface area contributed by atoms with Crippen molar-refractivity contribution < 1.29 is 18.0 Å². The van der Waals surface area contributed by atoms with Gasteiger partial charge in [-0.15, -0.1) is 0 Å². The molecular formula is C11H19F3N2O. The lowest BCUT2D eigenvalue weighted by molar-refractivity contribution is -0.198. The van der Waals surface area contributed by atoms with E-state index in [9.17, 15) is 18.0 Å². The minimum Gasteiger partial charge on any atom is -0.355 e. The number of hydrogen-bond donors (Lipinski definition) is 2. The Morgan fingerprint density at radius 3 is 2.47 bits per heavy atom. The van der Waals surface area contributed by atoms with Crippen molar-refractivity contribution in [2.45, 2.75) is 31.9 Å². The molecule has 3 nitrogen and oxygen atoms in total. The van der Waals surface area contributed by atoms with Crippen LogP contribution in [-0.4, -0.2) is 32.2 Å². The lowest BCUT2D eigenvalue weighted by Crippen LogP contribution is -2.43. The molecule has 2 N–H and O–H groups in total. The Hall–Kier alpha value is -0.780. The van der Waals surface area contributed by atoms with E-state index < -0.39 is 23.9 Å². The topological polar surface area (TPSA) is 41.1 Å². The van der Waals surface area contributed by atoms with Crippen molar-refractivity contribution in [3.8, 4) is 0 Å². The largest absolute Gasteiger partial charge is 0.392 e. The summed E-state index contributed by atoms with van der Waals surface area (Å²) in [7, 11) is 1.73. The molecule has 0 aromatic rings. The van der Waals surface area contributed by atoms with E-state index in [0.717, 1.165) is 0 Å². The van der Waals surface area contributed by atoms with Gasteiger partial charge in [0.2, 0.25) is 5.91 Å². The maximum Gasteiger partial charge on any atom is 0.392 e. The third-order valence-electron chi connectivity index (χ3n) is 3.20. The second-order valence-corrected chi connectivity index (χ2v) is 4.43. The first-order valence-corrected chi connectivity index (χ1v) is 5.96. The Balaban J connectivity index is 2.55. The zero-order valence-electron chi connectivity index (χ0n) is 9.94. The van der Waals surface area contributed by atoms with Crippen molar-refractivity contribution in [1.29, 1.82) is 0 Å². The van der Waals surface area contributed by atoms with Crippen molar-refractivity contribution in [2.24, 2.45) is 11.8 Å². The van der Waals surface area contributed by atoms with Gasteiger partial charge in [-0.1, -0.05) is 12.8 Å². The zero-order chi connectivity index (χ0) is 12.9. The average Bonchev–Trinajstić information content (AvgIpc) is 2.28. The van der Waals surface area contributed by atoms with E-state index in [1.807, 2.05) is 0 Å². The Morgan fingerprint density at radius 2 is 1.88 bits per heavy atom. The monoisotopic (exact) mass is 252 g/mol. The fourth-order valence-corrected chi connectivity index (χ4v) is 2.28. The van der Waals surface area contributed by atoms with Crippen molar-refractivity contribution >= 4 is 5.91 Å². The first-order valence-electron chi connectivity index (χ1n) is 5.96. The fourth-order valence-electron chi connectivity index (χ4n) is 2.28. The van der Waals surface area contributed by atoms with Crippen molar-refractivity contribution in [2.75, 3.05) is 20.1 Å². The van der Waals surface area contributed by atoms with E-state index in [2.05, 4.69) is 10.6 Å². The molecule has 1 saturated carbocycles. The smallest absolute Gasteiger partial charge is 0.355 e. The number of amides is 1. The van der Waals surface area contributed by atoms with Gasteiger partial charge in [-0.05, 0) is 19.9 Å². The number of rotatable bonds is 4. The molecule has 0 radical (unpaired) electrons. The first kappa shape index (κ1) is 14.3. The molecule has 1 aliphatic rings. The highest BCUT2D eigenvalue weighted by Gasteiger charge is 2.47. The summed E-state index contributed by atoms with van der Waals surface area (Å²) in [5, 5.41) is 5.38. The van der Waals surface area contributed by atoms with Crippen LogP contribution in [0.4, 0.5) is 13.2 Å². The van der Waals surface area contributed by atoms with Crippen LogP contribution in [0.3, 0.4) is 0 Å². The molecule has 1 amide bonds. The van der Waals surface area contributed by atoms with Crippen LogP contribution in [0.5, 0.6) is 0 Å². The highest BCUT2D eigenvalue weighted by atomic mass is 19.4. The standard InChI is InChI=1S/C11H19F3N2O/c1-15-6-7-16-10(17)8-4-2-3-5-9(8)11(12,13)14/h8-9,15H,2-7H2,1H3,(H,16,17). The van der Waals surface area contributed by atoms with Gasteiger partial charge in [0.1, 0.15) is 0 Å². The van der Waals surface area contributed by atoms with Gasteiger partial charge < -0.3 is 10.6 Å². The number of alkyl halides is 3. The first-order chi connectivity index (χ1) is 7.96. The predicted octanol–water partition coefficient (Wildman–Crippen LogP) is 1.69. The van der Waals surface area contributed by atoms with Crippen molar-refractivity contribution in [3.05, 3.63) is 0 Å². The second-order valence-electron chi connectivity index (χ2n) is 4.43. The highest BCUT2D eigenvalue weighted by Crippen LogP contribution is 2.41. The van der Waals surface area contributed by atoms with Crippen LogP contribution in [0.15, 0.2) is 0 Å². The number of carbonyl (C=O) groups is 1. The van der Waals surface area contributed by atoms with Crippen molar-refractivity contribution in [3.63, 3.8) is 0 Å². The quantitative estimate of drug-likeness (QED) is 0.748. The molecule has 1 rings (SSSR count). The van der Waals surface area contributed by atoms with Gasteiger partial charge in [-0.3, -0.25) is 4.79 Å². The highest BCUT2D eigenvalue weighted by molar-refractivity contribution is 5.79. The number of likely N-dealkylation sites (N-methyl/N-ethyl adjacent to an activating group) is 1. The summed E-state index contributed by atoms with van der Waals surface area (Å²) in [4.78, 5) is 11.7. The van der Waals surface area contributed by atoms with Crippen LogP contribution in [0.25, 0.3) is 0 Å². The van der Waals surface area contributed by atoms with Gasteiger partial charge in [-0.25, -0.2) is 0 Å². The van der Waals surface area contributed by atoms with Gasteiger partial charge in [0.25, 0.3) is 0 Å². The molecule has 17 heavy (non-hydrogen) atoms. The molecule has 2 unspecified atom stereocenters. The Bertz CT molecular complexity index is 256. The van der Waals surface area contributed by atoms with E-state index in [1.54, 1.807) is 7.05 Å². The summed E-state index contributed by atoms with van der Waals surface area (Å²) in [6.45, 7) is 0.936. The molecule has 2 atom stereocenters. The zero-order valence-corrected chi connectivity index (χ0v) is 9.94. The van der Waals surface area contributed by atoms with E-state index in [-0.39, 0.29) is 6.42 Å². The summed E-state index contributed by atoms with van der Waals surface area (Å²) >= 11 is 0. The second kappa shape index (κ2) is 6.23. The van der Waals surface area contributed by atoms with Crippen LogP contribution in [0.2, 0.25) is 0 Å². The molecule has 0 spiro atoms. The number of hydrogen-bond acceptors (Lipinski definition) is 2. The van der Waals surface area contributed by atoms with Gasteiger partial charge >= 0.3 is 6.18 Å². The molecule has 1 aliphatic carbocycles. The van der Waals surface area contributed by atoms with Crippen LogP contribution < -0.4 is 10.6 Å². The number of carbonyl (C=O) groups excluding carboxylic acids is 1. The number of nitrogens with one attached hydrogen (secondary N) is 2. The van der Waals surface area contributed by atoms with Crippen molar-refractivity contribution in [1.82, 2.24) is 10.6 Å².